The van der Waals surface area contributed by atoms with Crippen LogP contribution in [0.15, 0.2) is 24.4 Å². The lowest BCUT2D eigenvalue weighted by Gasteiger charge is -2.40. The lowest BCUT2D eigenvalue weighted by molar-refractivity contribution is -0.140. The molecular formula is C25H29FN6O3. The van der Waals surface area contributed by atoms with Crippen molar-refractivity contribution in [1.82, 2.24) is 15.3 Å². The predicted molar refractivity (Wildman–Crippen MR) is 128 cm³/mol. The molecule has 1 spiro atoms. The van der Waals surface area contributed by atoms with E-state index in [0.717, 1.165) is 31.2 Å². The fraction of sp³-hybridized carbons (Fsp3) is 0.520. The lowest BCUT2D eigenvalue weighted by Crippen LogP contribution is -2.56. The highest BCUT2D eigenvalue weighted by atomic mass is 19.1. The number of hydrogen-bond acceptors (Lipinski definition) is 7. The average Bonchev–Trinajstić information content (AvgIpc) is 3.52. The van der Waals surface area contributed by atoms with Crippen LogP contribution in [0.4, 0.5) is 27.5 Å². The van der Waals surface area contributed by atoms with E-state index in [1.54, 1.807) is 23.2 Å². The van der Waals surface area contributed by atoms with Crippen LogP contribution in [0.3, 0.4) is 0 Å². The zero-order valence-corrected chi connectivity index (χ0v) is 19.6. The van der Waals surface area contributed by atoms with Crippen LogP contribution < -0.4 is 20.4 Å². The standard InChI is InChI=1S/C25H29FN6O3/c26-19-13-17(5-6-20(19)31-9-11-35-12-10-31)29-24-28-15-16-14-25(7-8-27-22(25)33)23(34)32(21(16)30-24)18-3-1-2-4-18/h5-6,13,15,18H,1-4,7-12,14H2,(H,27,33)(H,28,29,30)/t25-/m1/s1. The number of benzene rings is 1. The van der Waals surface area contributed by atoms with E-state index in [2.05, 4.69) is 15.6 Å². The molecule has 1 aromatic heterocycles. The number of carbonyl (C=O) groups is 2. The average molecular weight is 481 g/mol. The van der Waals surface area contributed by atoms with Crippen LogP contribution in [0.25, 0.3) is 0 Å². The Hall–Kier alpha value is -3.27. The van der Waals surface area contributed by atoms with Gasteiger partial charge in [0.1, 0.15) is 17.1 Å². The van der Waals surface area contributed by atoms with Gasteiger partial charge in [-0.25, -0.2) is 9.37 Å². The van der Waals surface area contributed by atoms with Gasteiger partial charge in [-0.1, -0.05) is 12.8 Å². The van der Waals surface area contributed by atoms with Gasteiger partial charge in [0.15, 0.2) is 0 Å². The Morgan fingerprint density at radius 2 is 1.97 bits per heavy atom. The molecule has 1 saturated carbocycles. The van der Waals surface area contributed by atoms with Crippen molar-refractivity contribution in [2.45, 2.75) is 44.6 Å². The molecule has 2 amide bonds. The number of ether oxygens (including phenoxy) is 1. The first kappa shape index (κ1) is 22.2. The molecule has 10 heteroatoms. The molecule has 2 saturated heterocycles. The number of hydrogen-bond donors (Lipinski definition) is 2. The Kier molecular flexibility index (Phi) is 5.55. The second-order valence-electron chi connectivity index (χ2n) is 9.81. The minimum atomic E-state index is -1.06. The third-order valence-corrected chi connectivity index (χ3v) is 7.71. The van der Waals surface area contributed by atoms with Crippen LogP contribution in [-0.4, -0.2) is 60.7 Å². The molecule has 2 N–H and O–H groups in total. The number of rotatable bonds is 4. The van der Waals surface area contributed by atoms with Crippen LogP contribution in [0, 0.1) is 11.2 Å². The molecule has 4 aliphatic rings. The number of amides is 2. The maximum Gasteiger partial charge on any atom is 0.244 e. The smallest absolute Gasteiger partial charge is 0.244 e. The molecule has 3 aliphatic heterocycles. The van der Waals surface area contributed by atoms with Crippen molar-refractivity contribution in [3.63, 3.8) is 0 Å². The fourth-order valence-corrected chi connectivity index (χ4v) is 5.84. The van der Waals surface area contributed by atoms with E-state index in [-0.39, 0.29) is 23.7 Å². The summed E-state index contributed by atoms with van der Waals surface area (Å²) in [5, 5.41) is 5.94. The predicted octanol–water partition coefficient (Wildman–Crippen LogP) is 2.53. The first-order valence-electron chi connectivity index (χ1n) is 12.4. The van der Waals surface area contributed by atoms with Crippen LogP contribution in [0.2, 0.25) is 0 Å². The third kappa shape index (κ3) is 3.80. The van der Waals surface area contributed by atoms with Crippen molar-refractivity contribution in [3.05, 3.63) is 35.8 Å². The summed E-state index contributed by atoms with van der Waals surface area (Å²) in [5.41, 5.74) is 0.809. The van der Waals surface area contributed by atoms with Gasteiger partial charge in [-0.2, -0.15) is 4.98 Å². The zero-order valence-electron chi connectivity index (χ0n) is 19.6. The Morgan fingerprint density at radius 1 is 1.17 bits per heavy atom. The SMILES string of the molecule is O=C1NCC[C@@]12Cc1cnc(Nc3ccc(N4CCOCC4)c(F)c3)nc1N(C1CCCC1)C2=O. The van der Waals surface area contributed by atoms with E-state index < -0.39 is 5.41 Å². The number of nitrogens with zero attached hydrogens (tertiary/aromatic N) is 4. The molecule has 0 bridgehead atoms. The van der Waals surface area contributed by atoms with E-state index in [1.807, 2.05) is 4.90 Å². The quantitative estimate of drug-likeness (QED) is 0.649. The number of nitrogens with one attached hydrogen (secondary N) is 2. The highest BCUT2D eigenvalue weighted by Gasteiger charge is 2.56. The summed E-state index contributed by atoms with van der Waals surface area (Å²) >= 11 is 0. The van der Waals surface area contributed by atoms with Crippen molar-refractivity contribution in [3.8, 4) is 0 Å². The number of halogens is 1. The maximum atomic E-state index is 14.9. The van der Waals surface area contributed by atoms with E-state index in [4.69, 9.17) is 9.72 Å². The lowest BCUT2D eigenvalue weighted by atomic mass is 9.76. The highest BCUT2D eigenvalue weighted by Crippen LogP contribution is 2.44. The summed E-state index contributed by atoms with van der Waals surface area (Å²) in [7, 11) is 0. The van der Waals surface area contributed by atoms with Gasteiger partial charge in [-0.15, -0.1) is 0 Å². The molecule has 0 radical (unpaired) electrons. The molecular weight excluding hydrogens is 451 g/mol. The van der Waals surface area contributed by atoms with Gasteiger partial charge in [0.05, 0.1) is 18.9 Å². The molecule has 4 heterocycles. The summed E-state index contributed by atoms with van der Waals surface area (Å²) in [4.78, 5) is 39.4. The van der Waals surface area contributed by atoms with Gasteiger partial charge < -0.3 is 20.3 Å². The molecule has 184 valence electrons. The highest BCUT2D eigenvalue weighted by molar-refractivity contribution is 6.14. The van der Waals surface area contributed by atoms with E-state index in [9.17, 15) is 14.0 Å². The molecule has 1 atom stereocenters. The van der Waals surface area contributed by atoms with Crippen molar-refractivity contribution in [2.24, 2.45) is 5.41 Å². The second-order valence-corrected chi connectivity index (χ2v) is 9.81. The number of aromatic nitrogens is 2. The molecule has 35 heavy (non-hydrogen) atoms. The molecule has 3 fully saturated rings. The first-order valence-corrected chi connectivity index (χ1v) is 12.4. The maximum absolute atomic E-state index is 14.9. The van der Waals surface area contributed by atoms with Crippen molar-refractivity contribution in [2.75, 3.05) is 48.0 Å². The van der Waals surface area contributed by atoms with Crippen molar-refractivity contribution in [1.29, 1.82) is 0 Å². The van der Waals surface area contributed by atoms with E-state index in [1.165, 1.54) is 6.07 Å². The minimum Gasteiger partial charge on any atom is -0.378 e. The van der Waals surface area contributed by atoms with Crippen molar-refractivity contribution >= 4 is 35.0 Å². The van der Waals surface area contributed by atoms with Gasteiger partial charge in [0.25, 0.3) is 0 Å². The number of anilines is 4. The third-order valence-electron chi connectivity index (χ3n) is 7.71. The Bertz CT molecular complexity index is 1160. The molecule has 2 aromatic rings. The van der Waals surface area contributed by atoms with Gasteiger partial charge in [-0.3, -0.25) is 14.5 Å². The molecule has 0 unspecified atom stereocenters. The number of fused-ring (bicyclic) bond motifs is 1. The summed E-state index contributed by atoms with van der Waals surface area (Å²) in [6.45, 7) is 2.98. The zero-order chi connectivity index (χ0) is 24.0. The van der Waals surface area contributed by atoms with Gasteiger partial charge >= 0.3 is 0 Å². The summed E-state index contributed by atoms with van der Waals surface area (Å²) in [6.07, 6.45) is 6.38. The topological polar surface area (TPSA) is 99.7 Å². The number of morpholine rings is 1. The largest absolute Gasteiger partial charge is 0.378 e. The van der Waals surface area contributed by atoms with Gasteiger partial charge in [0.2, 0.25) is 17.8 Å². The summed E-state index contributed by atoms with van der Waals surface area (Å²) in [6, 6.07) is 5.01. The number of carbonyl (C=O) groups excluding carboxylic acids is 2. The van der Waals surface area contributed by atoms with E-state index >= 15 is 0 Å². The van der Waals surface area contributed by atoms with Crippen LogP contribution in [-0.2, 0) is 20.7 Å². The first-order chi connectivity index (χ1) is 17.0. The molecule has 1 aromatic carbocycles. The Labute approximate surface area is 203 Å². The van der Waals surface area contributed by atoms with Crippen LogP contribution in [0.5, 0.6) is 0 Å². The van der Waals surface area contributed by atoms with Crippen molar-refractivity contribution < 1.29 is 18.7 Å². The fourth-order valence-electron chi connectivity index (χ4n) is 5.84. The van der Waals surface area contributed by atoms with Crippen LogP contribution in [0.1, 0.15) is 37.7 Å². The van der Waals surface area contributed by atoms with E-state index in [0.29, 0.717) is 68.8 Å². The van der Waals surface area contributed by atoms with Crippen LogP contribution >= 0.6 is 0 Å². The normalized spacial score (nSPS) is 24.7. The van der Waals surface area contributed by atoms with Gasteiger partial charge in [-0.05, 0) is 37.5 Å². The Morgan fingerprint density at radius 3 is 2.69 bits per heavy atom. The summed E-state index contributed by atoms with van der Waals surface area (Å²) in [5.74, 6) is 0.179. The molecule has 6 rings (SSSR count). The minimum absolute atomic E-state index is 0.0276. The molecule has 1 aliphatic carbocycles. The van der Waals surface area contributed by atoms with Gasteiger partial charge in [0, 0.05) is 49.5 Å². The summed E-state index contributed by atoms with van der Waals surface area (Å²) < 4.78 is 20.2. The monoisotopic (exact) mass is 480 g/mol. The second kappa shape index (κ2) is 8.75. The Balaban J connectivity index is 1.30. The molecule has 9 nitrogen and oxygen atoms in total.